The minimum Gasteiger partial charge on any atom is -0.375 e. The Morgan fingerprint density at radius 3 is 2.64 bits per heavy atom. The zero-order chi connectivity index (χ0) is 16.1. The molecule has 1 aromatic heterocycles. The molecule has 1 aliphatic heterocycles. The molecule has 7 nitrogen and oxygen atoms in total. The number of piperidine rings is 1. The Bertz CT molecular complexity index is 533. The first-order valence-corrected chi connectivity index (χ1v) is 7.55. The van der Waals surface area contributed by atoms with Gasteiger partial charge in [0.05, 0.1) is 17.9 Å². The first-order valence-electron chi connectivity index (χ1n) is 7.55. The number of ether oxygens (including phenoxy) is 1. The highest BCUT2D eigenvalue weighted by atomic mass is 16.5. The lowest BCUT2D eigenvalue weighted by Crippen LogP contribution is -2.44. The summed E-state index contributed by atoms with van der Waals surface area (Å²) < 4.78 is 6.63. The summed E-state index contributed by atoms with van der Waals surface area (Å²) in [5, 5.41) is 7.22. The van der Waals surface area contributed by atoms with Crippen LogP contribution in [0.3, 0.4) is 0 Å². The number of nitrogens with one attached hydrogen (secondary N) is 1. The largest absolute Gasteiger partial charge is 0.375 e. The third-order valence-electron chi connectivity index (χ3n) is 4.03. The van der Waals surface area contributed by atoms with Crippen molar-refractivity contribution < 1.29 is 14.3 Å². The van der Waals surface area contributed by atoms with Crippen molar-refractivity contribution in [3.8, 4) is 0 Å². The van der Waals surface area contributed by atoms with E-state index in [0.717, 1.165) is 11.4 Å². The fraction of sp³-hybridized carbons (Fsp3) is 0.667. The number of likely N-dealkylation sites (tertiary alicyclic amines) is 1. The second-order valence-corrected chi connectivity index (χ2v) is 5.71. The van der Waals surface area contributed by atoms with Gasteiger partial charge in [-0.05, 0) is 25.8 Å². The number of rotatable bonds is 5. The van der Waals surface area contributed by atoms with Crippen LogP contribution < -0.4 is 5.32 Å². The van der Waals surface area contributed by atoms with E-state index in [0.29, 0.717) is 32.5 Å². The molecule has 0 aliphatic carbocycles. The summed E-state index contributed by atoms with van der Waals surface area (Å²) in [6.45, 7) is 3.75. The average molecular weight is 308 g/mol. The molecule has 22 heavy (non-hydrogen) atoms. The summed E-state index contributed by atoms with van der Waals surface area (Å²) in [6, 6.07) is 1.96. The molecule has 1 saturated heterocycles. The molecule has 1 aromatic rings. The molecule has 122 valence electrons. The number of hydrogen-bond donors (Lipinski definition) is 1. The second-order valence-electron chi connectivity index (χ2n) is 5.71. The van der Waals surface area contributed by atoms with Crippen molar-refractivity contribution in [1.82, 2.24) is 20.0 Å². The van der Waals surface area contributed by atoms with E-state index in [1.165, 1.54) is 7.11 Å². The van der Waals surface area contributed by atoms with Gasteiger partial charge in [-0.15, -0.1) is 0 Å². The molecule has 0 aromatic carbocycles. The number of hydrogen-bond acceptors (Lipinski definition) is 4. The number of carbonyl (C=O) groups is 2. The molecule has 0 bridgehead atoms. The first-order chi connectivity index (χ1) is 10.5. The second kappa shape index (κ2) is 7.40. The minimum atomic E-state index is -0.0269. The van der Waals surface area contributed by atoms with E-state index in [2.05, 4.69) is 10.4 Å². The fourth-order valence-corrected chi connectivity index (χ4v) is 2.76. The van der Waals surface area contributed by atoms with E-state index in [9.17, 15) is 9.59 Å². The topological polar surface area (TPSA) is 76.5 Å². The molecule has 1 fully saturated rings. The van der Waals surface area contributed by atoms with Crippen molar-refractivity contribution in [3.63, 3.8) is 0 Å². The van der Waals surface area contributed by atoms with E-state index in [1.54, 1.807) is 9.58 Å². The Balaban J connectivity index is 1.78. The van der Waals surface area contributed by atoms with Gasteiger partial charge < -0.3 is 15.0 Å². The van der Waals surface area contributed by atoms with Crippen LogP contribution in [0.2, 0.25) is 0 Å². The number of carbonyl (C=O) groups excluding carboxylic acids is 2. The monoisotopic (exact) mass is 308 g/mol. The van der Waals surface area contributed by atoms with Crippen LogP contribution in [0.25, 0.3) is 0 Å². The smallest absolute Gasteiger partial charge is 0.248 e. The predicted molar refractivity (Wildman–Crippen MR) is 81.0 cm³/mol. The van der Waals surface area contributed by atoms with Crippen molar-refractivity contribution in [1.29, 1.82) is 0 Å². The van der Waals surface area contributed by atoms with Gasteiger partial charge in [0.25, 0.3) is 0 Å². The highest BCUT2D eigenvalue weighted by molar-refractivity contribution is 5.80. The van der Waals surface area contributed by atoms with Gasteiger partial charge in [-0.25, -0.2) is 0 Å². The molecule has 7 heteroatoms. The summed E-state index contributed by atoms with van der Waals surface area (Å²) in [7, 11) is 3.38. The van der Waals surface area contributed by atoms with Crippen LogP contribution in [0.5, 0.6) is 0 Å². The van der Waals surface area contributed by atoms with Crippen LogP contribution >= 0.6 is 0 Å². The maximum atomic E-state index is 12.2. The van der Waals surface area contributed by atoms with Crippen molar-refractivity contribution in [3.05, 3.63) is 17.5 Å². The summed E-state index contributed by atoms with van der Waals surface area (Å²) >= 11 is 0. The molecule has 2 rings (SSSR count). The lowest BCUT2D eigenvalue weighted by Gasteiger charge is -2.31. The molecule has 0 spiro atoms. The van der Waals surface area contributed by atoms with Crippen LogP contribution in [0.4, 0.5) is 0 Å². The maximum absolute atomic E-state index is 12.2. The van der Waals surface area contributed by atoms with Gasteiger partial charge >= 0.3 is 0 Å². The van der Waals surface area contributed by atoms with Gasteiger partial charge in [-0.2, -0.15) is 5.10 Å². The predicted octanol–water partition coefficient (Wildman–Crippen LogP) is 0.230. The zero-order valence-corrected chi connectivity index (χ0v) is 13.5. The van der Waals surface area contributed by atoms with Gasteiger partial charge in [0.15, 0.2) is 0 Å². The Labute approximate surface area is 130 Å². The third-order valence-corrected chi connectivity index (χ3v) is 4.03. The summed E-state index contributed by atoms with van der Waals surface area (Å²) in [5.41, 5.74) is 1.93. The number of aromatic nitrogens is 2. The molecule has 0 radical (unpaired) electrons. The Hall–Kier alpha value is -1.89. The van der Waals surface area contributed by atoms with E-state index in [-0.39, 0.29) is 24.3 Å². The van der Waals surface area contributed by atoms with Crippen LogP contribution in [0, 0.1) is 12.8 Å². The SMILES string of the molecule is COCC(=O)N1CCC(C(=O)NCc2cc(C)nn2C)CC1. The van der Waals surface area contributed by atoms with Gasteiger partial charge in [0.2, 0.25) is 11.8 Å². The molecule has 1 N–H and O–H groups in total. The maximum Gasteiger partial charge on any atom is 0.248 e. The Morgan fingerprint density at radius 2 is 2.09 bits per heavy atom. The van der Waals surface area contributed by atoms with Gasteiger partial charge in [0.1, 0.15) is 6.61 Å². The van der Waals surface area contributed by atoms with Gasteiger partial charge in [0, 0.05) is 33.2 Å². The number of methoxy groups -OCH3 is 1. The average Bonchev–Trinajstić information content (AvgIpc) is 2.83. The highest BCUT2D eigenvalue weighted by Gasteiger charge is 2.27. The Morgan fingerprint density at radius 1 is 1.41 bits per heavy atom. The molecular weight excluding hydrogens is 284 g/mol. The van der Waals surface area contributed by atoms with Crippen molar-refractivity contribution >= 4 is 11.8 Å². The van der Waals surface area contributed by atoms with Gasteiger partial charge in [-0.3, -0.25) is 14.3 Å². The number of aryl methyl sites for hydroxylation is 2. The highest BCUT2D eigenvalue weighted by Crippen LogP contribution is 2.17. The molecule has 0 atom stereocenters. The molecular formula is C15H24N4O3. The number of nitrogens with zero attached hydrogens (tertiary/aromatic N) is 3. The van der Waals surface area contributed by atoms with Crippen LogP contribution in [-0.4, -0.2) is 53.3 Å². The quantitative estimate of drug-likeness (QED) is 0.845. The molecule has 1 aliphatic rings. The van der Waals surface area contributed by atoms with Crippen LogP contribution in [0.15, 0.2) is 6.07 Å². The summed E-state index contributed by atoms with van der Waals surface area (Å²) in [6.07, 6.45) is 1.40. The van der Waals surface area contributed by atoms with E-state index >= 15 is 0 Å². The molecule has 2 amide bonds. The first kappa shape index (κ1) is 16.5. The summed E-state index contributed by atoms with van der Waals surface area (Å²) in [4.78, 5) is 25.7. The molecule has 0 unspecified atom stereocenters. The summed E-state index contributed by atoms with van der Waals surface area (Å²) in [5.74, 6) is 0.0188. The van der Waals surface area contributed by atoms with E-state index in [4.69, 9.17) is 4.74 Å². The number of amides is 2. The van der Waals surface area contributed by atoms with Gasteiger partial charge in [-0.1, -0.05) is 0 Å². The normalized spacial score (nSPS) is 15.9. The van der Waals surface area contributed by atoms with Crippen molar-refractivity contribution in [2.24, 2.45) is 13.0 Å². The Kier molecular flexibility index (Phi) is 5.54. The standard InChI is InChI=1S/C15H24N4O3/c1-11-8-13(18(2)17-11)9-16-15(21)12-4-6-19(7-5-12)14(20)10-22-3/h8,12H,4-7,9-10H2,1-3H3,(H,16,21). The zero-order valence-electron chi connectivity index (χ0n) is 13.5. The van der Waals surface area contributed by atoms with Crippen molar-refractivity contribution in [2.75, 3.05) is 26.8 Å². The molecule has 0 saturated carbocycles. The lowest BCUT2D eigenvalue weighted by molar-refractivity contribution is -0.138. The van der Waals surface area contributed by atoms with E-state index in [1.807, 2.05) is 20.0 Å². The third kappa shape index (κ3) is 4.07. The van der Waals surface area contributed by atoms with Crippen LogP contribution in [0.1, 0.15) is 24.2 Å². The van der Waals surface area contributed by atoms with Crippen LogP contribution in [-0.2, 0) is 27.9 Å². The molecule has 2 heterocycles. The minimum absolute atomic E-state index is 0.00767. The fourth-order valence-electron chi connectivity index (χ4n) is 2.76. The lowest BCUT2D eigenvalue weighted by atomic mass is 9.96. The van der Waals surface area contributed by atoms with Crippen molar-refractivity contribution in [2.45, 2.75) is 26.3 Å². The van der Waals surface area contributed by atoms with E-state index < -0.39 is 0 Å².